The molecule has 0 fully saturated rings. The Morgan fingerprint density at radius 3 is 2.52 bits per heavy atom. The second-order valence-electron chi connectivity index (χ2n) is 5.45. The Kier molecular flexibility index (Phi) is 3.27. The lowest BCUT2D eigenvalue weighted by atomic mass is 10.0. The van der Waals surface area contributed by atoms with Crippen LogP contribution in [0.5, 0.6) is 5.75 Å². The Morgan fingerprint density at radius 1 is 0.870 bits per heavy atom. The van der Waals surface area contributed by atoms with E-state index in [1.807, 2.05) is 48.5 Å². The van der Waals surface area contributed by atoms with Crippen molar-refractivity contribution in [1.82, 2.24) is 15.2 Å². The number of aromatic nitrogens is 3. The molecular formula is C19H15N3O. The summed E-state index contributed by atoms with van der Waals surface area (Å²) in [7, 11) is 0. The van der Waals surface area contributed by atoms with Gasteiger partial charge in [-0.15, -0.1) is 0 Å². The third-order valence-corrected chi connectivity index (χ3v) is 3.88. The van der Waals surface area contributed by atoms with Gasteiger partial charge in [0.15, 0.2) is 5.82 Å². The monoisotopic (exact) mass is 301 g/mol. The fourth-order valence-corrected chi connectivity index (χ4v) is 2.77. The van der Waals surface area contributed by atoms with E-state index in [0.717, 1.165) is 22.2 Å². The van der Waals surface area contributed by atoms with E-state index in [1.54, 1.807) is 6.07 Å². The van der Waals surface area contributed by atoms with Crippen molar-refractivity contribution in [2.24, 2.45) is 0 Å². The van der Waals surface area contributed by atoms with Gasteiger partial charge >= 0.3 is 0 Å². The van der Waals surface area contributed by atoms with E-state index in [4.69, 9.17) is 0 Å². The minimum atomic E-state index is 0.189. The molecule has 4 nitrogen and oxygen atoms in total. The number of benzene rings is 3. The maximum atomic E-state index is 10.3. The summed E-state index contributed by atoms with van der Waals surface area (Å²) in [6, 6.07) is 21.6. The SMILES string of the molecule is Oc1ccc2ccccc2c1-c1n[nH]c(Cc2ccccc2)n1. The number of H-pyrrole nitrogens is 1. The van der Waals surface area contributed by atoms with Crippen molar-refractivity contribution in [2.75, 3.05) is 0 Å². The molecule has 1 heterocycles. The highest BCUT2D eigenvalue weighted by Gasteiger charge is 2.14. The van der Waals surface area contributed by atoms with E-state index in [9.17, 15) is 5.11 Å². The van der Waals surface area contributed by atoms with Crippen molar-refractivity contribution < 1.29 is 5.11 Å². The molecule has 0 aliphatic heterocycles. The molecule has 0 radical (unpaired) electrons. The lowest BCUT2D eigenvalue weighted by Gasteiger charge is -2.05. The molecule has 4 aromatic rings. The Hall–Kier alpha value is -3.14. The van der Waals surface area contributed by atoms with E-state index in [2.05, 4.69) is 27.3 Å². The number of aromatic hydroxyl groups is 1. The molecule has 0 aliphatic rings. The quantitative estimate of drug-likeness (QED) is 0.603. The van der Waals surface area contributed by atoms with Crippen molar-refractivity contribution in [3.63, 3.8) is 0 Å². The van der Waals surface area contributed by atoms with Crippen LogP contribution >= 0.6 is 0 Å². The average Bonchev–Trinajstić information content (AvgIpc) is 3.03. The summed E-state index contributed by atoms with van der Waals surface area (Å²) in [4.78, 5) is 4.56. The first-order valence-corrected chi connectivity index (χ1v) is 7.47. The number of nitrogens with one attached hydrogen (secondary N) is 1. The van der Waals surface area contributed by atoms with Gasteiger partial charge in [-0.3, -0.25) is 5.10 Å². The Bertz CT molecular complexity index is 961. The maximum Gasteiger partial charge on any atom is 0.185 e. The summed E-state index contributed by atoms with van der Waals surface area (Å²) < 4.78 is 0. The van der Waals surface area contributed by atoms with Crippen LogP contribution in [0.4, 0.5) is 0 Å². The molecule has 0 spiro atoms. The average molecular weight is 301 g/mol. The van der Waals surface area contributed by atoms with Crippen molar-refractivity contribution in [3.8, 4) is 17.1 Å². The fourth-order valence-electron chi connectivity index (χ4n) is 2.77. The topological polar surface area (TPSA) is 61.8 Å². The third-order valence-electron chi connectivity index (χ3n) is 3.88. The number of hydrogen-bond donors (Lipinski definition) is 2. The number of nitrogens with zero attached hydrogens (tertiary/aromatic N) is 2. The zero-order valence-electron chi connectivity index (χ0n) is 12.4. The van der Waals surface area contributed by atoms with Crippen molar-refractivity contribution in [3.05, 3.63) is 78.1 Å². The van der Waals surface area contributed by atoms with Gasteiger partial charge < -0.3 is 5.11 Å². The van der Waals surface area contributed by atoms with Gasteiger partial charge in [0, 0.05) is 6.42 Å². The number of phenolic OH excluding ortho intramolecular Hbond substituents is 1. The van der Waals surface area contributed by atoms with Crippen molar-refractivity contribution >= 4 is 10.8 Å². The molecule has 0 saturated heterocycles. The Morgan fingerprint density at radius 2 is 1.65 bits per heavy atom. The van der Waals surface area contributed by atoms with E-state index in [-0.39, 0.29) is 5.75 Å². The number of rotatable bonds is 3. The maximum absolute atomic E-state index is 10.3. The minimum absolute atomic E-state index is 0.189. The largest absolute Gasteiger partial charge is 0.507 e. The highest BCUT2D eigenvalue weighted by Crippen LogP contribution is 2.34. The van der Waals surface area contributed by atoms with Crippen LogP contribution in [-0.2, 0) is 6.42 Å². The molecule has 4 rings (SSSR count). The lowest BCUT2D eigenvalue weighted by Crippen LogP contribution is -1.90. The number of phenols is 1. The van der Waals surface area contributed by atoms with Crippen LogP contribution in [-0.4, -0.2) is 20.3 Å². The third kappa shape index (κ3) is 2.55. The van der Waals surface area contributed by atoms with Gasteiger partial charge in [0.25, 0.3) is 0 Å². The normalized spacial score (nSPS) is 11.0. The molecule has 0 bridgehead atoms. The van der Waals surface area contributed by atoms with Crippen LogP contribution < -0.4 is 0 Å². The smallest absolute Gasteiger partial charge is 0.185 e. The molecule has 4 heteroatoms. The highest BCUT2D eigenvalue weighted by atomic mass is 16.3. The van der Waals surface area contributed by atoms with E-state index < -0.39 is 0 Å². The summed E-state index contributed by atoms with van der Waals surface area (Å²) >= 11 is 0. The van der Waals surface area contributed by atoms with Crippen LogP contribution in [0.2, 0.25) is 0 Å². The molecule has 23 heavy (non-hydrogen) atoms. The van der Waals surface area contributed by atoms with Gasteiger partial charge in [0.05, 0.1) is 5.56 Å². The molecule has 3 aromatic carbocycles. The summed E-state index contributed by atoms with van der Waals surface area (Å²) in [6.45, 7) is 0. The lowest BCUT2D eigenvalue weighted by molar-refractivity contribution is 0.477. The molecule has 2 N–H and O–H groups in total. The number of fused-ring (bicyclic) bond motifs is 1. The molecule has 0 aliphatic carbocycles. The predicted octanol–water partition coefficient (Wildman–Crippen LogP) is 3.92. The van der Waals surface area contributed by atoms with Gasteiger partial charge in [-0.05, 0) is 22.4 Å². The second-order valence-corrected chi connectivity index (χ2v) is 5.45. The van der Waals surface area contributed by atoms with E-state index in [0.29, 0.717) is 17.8 Å². The van der Waals surface area contributed by atoms with Gasteiger partial charge in [-0.1, -0.05) is 60.7 Å². The molecular weight excluding hydrogens is 286 g/mol. The number of hydrogen-bond acceptors (Lipinski definition) is 3. The van der Waals surface area contributed by atoms with Gasteiger partial charge in [-0.2, -0.15) is 5.10 Å². The van der Waals surface area contributed by atoms with Gasteiger partial charge in [-0.25, -0.2) is 4.98 Å². The van der Waals surface area contributed by atoms with Crippen molar-refractivity contribution in [2.45, 2.75) is 6.42 Å². The van der Waals surface area contributed by atoms with Crippen molar-refractivity contribution in [1.29, 1.82) is 0 Å². The number of aromatic amines is 1. The van der Waals surface area contributed by atoms with Crippen LogP contribution in [0, 0.1) is 0 Å². The molecule has 0 unspecified atom stereocenters. The minimum Gasteiger partial charge on any atom is -0.507 e. The first kappa shape index (κ1) is 13.5. The molecule has 0 atom stereocenters. The first-order valence-electron chi connectivity index (χ1n) is 7.47. The zero-order chi connectivity index (χ0) is 15.6. The summed E-state index contributed by atoms with van der Waals surface area (Å²) in [5.74, 6) is 1.48. The Labute approximate surface area is 133 Å². The fraction of sp³-hybridized carbons (Fsp3) is 0.0526. The Balaban J connectivity index is 1.76. The molecule has 0 amide bonds. The van der Waals surface area contributed by atoms with Crippen LogP contribution in [0.1, 0.15) is 11.4 Å². The predicted molar refractivity (Wildman–Crippen MR) is 90.2 cm³/mol. The summed E-state index contributed by atoms with van der Waals surface area (Å²) in [5.41, 5.74) is 1.83. The highest BCUT2D eigenvalue weighted by molar-refractivity contribution is 5.97. The standard InChI is InChI=1S/C19H15N3O/c23-16-11-10-14-8-4-5-9-15(14)18(16)19-20-17(21-22-19)12-13-6-2-1-3-7-13/h1-11,23H,12H2,(H,20,21,22). The first-order chi connectivity index (χ1) is 11.3. The van der Waals surface area contributed by atoms with Crippen LogP contribution in [0.15, 0.2) is 66.7 Å². The molecule has 112 valence electrons. The summed E-state index contributed by atoms with van der Waals surface area (Å²) in [5, 5.41) is 19.5. The molecule has 1 aromatic heterocycles. The van der Waals surface area contributed by atoms with Gasteiger partial charge in [0.1, 0.15) is 11.6 Å². The van der Waals surface area contributed by atoms with Gasteiger partial charge in [0.2, 0.25) is 0 Å². The summed E-state index contributed by atoms with van der Waals surface area (Å²) in [6.07, 6.45) is 0.680. The van der Waals surface area contributed by atoms with E-state index in [1.165, 1.54) is 0 Å². The van der Waals surface area contributed by atoms with Crippen LogP contribution in [0.3, 0.4) is 0 Å². The van der Waals surface area contributed by atoms with E-state index >= 15 is 0 Å². The molecule has 0 saturated carbocycles. The second kappa shape index (κ2) is 5.57. The zero-order valence-corrected chi connectivity index (χ0v) is 12.4. The van der Waals surface area contributed by atoms with Crippen LogP contribution in [0.25, 0.3) is 22.2 Å².